The van der Waals surface area contributed by atoms with Gasteiger partial charge in [0.2, 0.25) is 0 Å². The molecule has 7 nitrogen and oxygen atoms in total. The zero-order valence-electron chi connectivity index (χ0n) is 11.4. The predicted octanol–water partition coefficient (Wildman–Crippen LogP) is 0.725. The standard InChI is InChI=1S/C12H17N5O2S/c1-3-13-11-5-4-7-14-12(11)20(18,19)15-9-10-6-8-17(2)16-10/h4-8,13,15H,3,9H2,1-2H3. The van der Waals surface area contributed by atoms with Crippen LogP contribution in [0.25, 0.3) is 0 Å². The molecule has 0 fully saturated rings. The van der Waals surface area contributed by atoms with Crippen LogP contribution in [0, 0.1) is 0 Å². The molecule has 0 radical (unpaired) electrons. The summed E-state index contributed by atoms with van der Waals surface area (Å²) in [5.74, 6) is 0. The largest absolute Gasteiger partial charge is 0.383 e. The summed E-state index contributed by atoms with van der Waals surface area (Å²) in [5.41, 5.74) is 1.14. The quantitative estimate of drug-likeness (QED) is 0.820. The third kappa shape index (κ3) is 3.34. The third-order valence-electron chi connectivity index (χ3n) is 2.61. The average molecular weight is 295 g/mol. The molecular formula is C12H17N5O2S. The van der Waals surface area contributed by atoms with E-state index < -0.39 is 10.0 Å². The SMILES string of the molecule is CCNc1cccnc1S(=O)(=O)NCc1ccn(C)n1. The van der Waals surface area contributed by atoms with Gasteiger partial charge in [0.1, 0.15) is 0 Å². The predicted molar refractivity (Wildman–Crippen MR) is 75.6 cm³/mol. The topological polar surface area (TPSA) is 88.9 Å². The summed E-state index contributed by atoms with van der Waals surface area (Å²) in [6.45, 7) is 2.64. The molecule has 2 aromatic heterocycles. The van der Waals surface area contributed by atoms with E-state index in [0.29, 0.717) is 17.9 Å². The number of aromatic nitrogens is 3. The molecule has 0 bridgehead atoms. The Hall–Kier alpha value is -1.93. The zero-order valence-corrected chi connectivity index (χ0v) is 12.2. The number of anilines is 1. The number of hydrogen-bond donors (Lipinski definition) is 2. The Labute approximate surface area is 118 Å². The van der Waals surface area contributed by atoms with Gasteiger partial charge in [-0.05, 0) is 25.1 Å². The van der Waals surface area contributed by atoms with E-state index in [4.69, 9.17) is 0 Å². The van der Waals surface area contributed by atoms with Crippen LogP contribution in [0.2, 0.25) is 0 Å². The van der Waals surface area contributed by atoms with Crippen LogP contribution in [0.5, 0.6) is 0 Å². The fourth-order valence-corrected chi connectivity index (χ4v) is 2.83. The van der Waals surface area contributed by atoms with Crippen molar-refractivity contribution in [3.05, 3.63) is 36.3 Å². The van der Waals surface area contributed by atoms with Gasteiger partial charge in [0, 0.05) is 26.0 Å². The van der Waals surface area contributed by atoms with Crippen molar-refractivity contribution in [3.8, 4) is 0 Å². The maximum atomic E-state index is 12.3. The maximum Gasteiger partial charge on any atom is 0.260 e. The molecule has 0 aliphatic carbocycles. The molecule has 2 heterocycles. The Morgan fingerprint density at radius 2 is 2.15 bits per heavy atom. The first-order chi connectivity index (χ1) is 9.53. The zero-order chi connectivity index (χ0) is 14.6. The van der Waals surface area contributed by atoms with Gasteiger partial charge in [-0.3, -0.25) is 4.68 Å². The summed E-state index contributed by atoms with van der Waals surface area (Å²) < 4.78 is 28.6. The lowest BCUT2D eigenvalue weighted by Crippen LogP contribution is -2.25. The molecule has 0 saturated heterocycles. The first kappa shape index (κ1) is 14.5. The summed E-state index contributed by atoms with van der Waals surface area (Å²) in [7, 11) is -1.90. The number of sulfonamides is 1. The van der Waals surface area contributed by atoms with Crippen LogP contribution in [0.15, 0.2) is 35.6 Å². The average Bonchev–Trinajstić information content (AvgIpc) is 2.83. The van der Waals surface area contributed by atoms with Crippen molar-refractivity contribution in [2.75, 3.05) is 11.9 Å². The van der Waals surface area contributed by atoms with E-state index >= 15 is 0 Å². The molecule has 0 spiro atoms. The molecule has 20 heavy (non-hydrogen) atoms. The fraction of sp³-hybridized carbons (Fsp3) is 0.333. The number of nitrogens with one attached hydrogen (secondary N) is 2. The molecular weight excluding hydrogens is 278 g/mol. The summed E-state index contributed by atoms with van der Waals surface area (Å²) >= 11 is 0. The number of pyridine rings is 1. The van der Waals surface area contributed by atoms with Crippen LogP contribution in [0.1, 0.15) is 12.6 Å². The highest BCUT2D eigenvalue weighted by Gasteiger charge is 2.19. The molecule has 2 aromatic rings. The summed E-state index contributed by atoms with van der Waals surface area (Å²) in [6, 6.07) is 5.13. The summed E-state index contributed by atoms with van der Waals surface area (Å²) in [5, 5.41) is 7.10. The van der Waals surface area contributed by atoms with Crippen LogP contribution < -0.4 is 10.0 Å². The third-order valence-corrected chi connectivity index (χ3v) is 3.96. The molecule has 0 saturated carbocycles. The molecule has 0 aliphatic heterocycles. The molecule has 108 valence electrons. The Morgan fingerprint density at radius 1 is 1.35 bits per heavy atom. The molecule has 0 unspecified atom stereocenters. The van der Waals surface area contributed by atoms with Crippen molar-refractivity contribution in [1.82, 2.24) is 19.5 Å². The van der Waals surface area contributed by atoms with Gasteiger partial charge in [0.05, 0.1) is 17.9 Å². The van der Waals surface area contributed by atoms with Crippen LogP contribution in [-0.2, 0) is 23.6 Å². The van der Waals surface area contributed by atoms with Gasteiger partial charge in [0.15, 0.2) is 5.03 Å². The molecule has 8 heteroatoms. The Balaban J connectivity index is 2.18. The Kier molecular flexibility index (Phi) is 4.35. The normalized spacial score (nSPS) is 11.5. The lowest BCUT2D eigenvalue weighted by atomic mass is 10.4. The highest BCUT2D eigenvalue weighted by Crippen LogP contribution is 2.17. The van der Waals surface area contributed by atoms with Crippen LogP contribution >= 0.6 is 0 Å². The second-order valence-corrected chi connectivity index (χ2v) is 5.87. The van der Waals surface area contributed by atoms with Gasteiger partial charge in [-0.1, -0.05) is 0 Å². The molecule has 0 atom stereocenters. The van der Waals surface area contributed by atoms with E-state index in [9.17, 15) is 8.42 Å². The van der Waals surface area contributed by atoms with Gasteiger partial charge < -0.3 is 5.32 Å². The van der Waals surface area contributed by atoms with Crippen molar-refractivity contribution >= 4 is 15.7 Å². The van der Waals surface area contributed by atoms with Gasteiger partial charge in [-0.25, -0.2) is 18.1 Å². The van der Waals surface area contributed by atoms with E-state index in [-0.39, 0.29) is 11.6 Å². The van der Waals surface area contributed by atoms with Crippen molar-refractivity contribution in [1.29, 1.82) is 0 Å². The van der Waals surface area contributed by atoms with Gasteiger partial charge in [0.25, 0.3) is 10.0 Å². The Bertz CT molecular complexity index is 681. The smallest absolute Gasteiger partial charge is 0.260 e. The maximum absolute atomic E-state index is 12.3. The highest BCUT2D eigenvalue weighted by molar-refractivity contribution is 7.89. The minimum absolute atomic E-state index is 0.00205. The first-order valence-electron chi connectivity index (χ1n) is 6.20. The van der Waals surface area contributed by atoms with Crippen molar-refractivity contribution in [3.63, 3.8) is 0 Å². The number of rotatable bonds is 6. The van der Waals surface area contributed by atoms with Crippen LogP contribution in [0.4, 0.5) is 5.69 Å². The lowest BCUT2D eigenvalue weighted by molar-refractivity contribution is 0.576. The lowest BCUT2D eigenvalue weighted by Gasteiger charge is -2.10. The summed E-state index contributed by atoms with van der Waals surface area (Å²) in [4.78, 5) is 3.95. The number of hydrogen-bond acceptors (Lipinski definition) is 5. The first-order valence-corrected chi connectivity index (χ1v) is 7.68. The van der Waals surface area contributed by atoms with Gasteiger partial charge in [-0.2, -0.15) is 5.10 Å². The number of aryl methyl sites for hydroxylation is 1. The highest BCUT2D eigenvalue weighted by atomic mass is 32.2. The molecule has 2 rings (SSSR count). The van der Waals surface area contributed by atoms with E-state index in [0.717, 1.165) is 0 Å². The minimum Gasteiger partial charge on any atom is -0.383 e. The van der Waals surface area contributed by atoms with Crippen LogP contribution in [0.3, 0.4) is 0 Å². The fourth-order valence-electron chi connectivity index (χ4n) is 1.72. The monoisotopic (exact) mass is 295 g/mol. The molecule has 0 aromatic carbocycles. The van der Waals surface area contributed by atoms with E-state index in [1.807, 2.05) is 6.92 Å². The number of nitrogens with zero attached hydrogens (tertiary/aromatic N) is 3. The van der Waals surface area contributed by atoms with Crippen LogP contribution in [-0.4, -0.2) is 29.7 Å². The van der Waals surface area contributed by atoms with Crippen molar-refractivity contribution in [2.24, 2.45) is 7.05 Å². The second-order valence-electron chi connectivity index (χ2n) is 4.19. The van der Waals surface area contributed by atoms with Gasteiger partial charge >= 0.3 is 0 Å². The van der Waals surface area contributed by atoms with Crippen molar-refractivity contribution in [2.45, 2.75) is 18.5 Å². The van der Waals surface area contributed by atoms with E-state index in [2.05, 4.69) is 20.1 Å². The molecule has 0 amide bonds. The molecule has 0 aliphatic rings. The minimum atomic E-state index is -3.67. The summed E-state index contributed by atoms with van der Waals surface area (Å²) in [6.07, 6.45) is 3.21. The molecule has 2 N–H and O–H groups in total. The van der Waals surface area contributed by atoms with Crippen molar-refractivity contribution < 1.29 is 8.42 Å². The van der Waals surface area contributed by atoms with E-state index in [1.54, 1.807) is 36.1 Å². The second kappa shape index (κ2) is 6.02. The Morgan fingerprint density at radius 3 is 2.80 bits per heavy atom. The van der Waals surface area contributed by atoms with Gasteiger partial charge in [-0.15, -0.1) is 0 Å². The van der Waals surface area contributed by atoms with E-state index in [1.165, 1.54) is 6.20 Å².